The van der Waals surface area contributed by atoms with Gasteiger partial charge in [0.1, 0.15) is 0 Å². The van der Waals surface area contributed by atoms with Crippen molar-refractivity contribution < 1.29 is 0 Å². The number of hydrazine groups is 1. The zero-order valence-electron chi connectivity index (χ0n) is 6.61. The Balaban J connectivity index is 2.01. The molecule has 4 heteroatoms. The van der Waals surface area contributed by atoms with Crippen LogP contribution in [-0.4, -0.2) is 35.0 Å². The zero-order chi connectivity index (χ0) is 7.84. The van der Waals surface area contributed by atoms with Crippen molar-refractivity contribution in [1.29, 1.82) is 0 Å². The number of hydrogen-bond donors (Lipinski definition) is 2. The van der Waals surface area contributed by atoms with Crippen molar-refractivity contribution in [2.45, 2.75) is 18.9 Å². The van der Waals surface area contributed by atoms with E-state index in [2.05, 4.69) is 17.1 Å². The molecule has 0 bridgehead atoms. The van der Waals surface area contributed by atoms with E-state index in [0.29, 0.717) is 6.04 Å². The number of thiol groups is 1. The fourth-order valence-electron chi connectivity index (χ4n) is 2.16. The first-order valence-electron chi connectivity index (χ1n) is 4.22. The van der Waals surface area contributed by atoms with Gasteiger partial charge in [0.2, 0.25) is 0 Å². The molecule has 0 radical (unpaired) electrons. The lowest BCUT2D eigenvalue weighted by Crippen LogP contribution is -2.47. The number of hydrogen-bond acceptors (Lipinski definition) is 4. The van der Waals surface area contributed by atoms with Gasteiger partial charge < -0.3 is 0 Å². The van der Waals surface area contributed by atoms with Crippen LogP contribution in [0.5, 0.6) is 0 Å². The van der Waals surface area contributed by atoms with E-state index in [4.69, 9.17) is 5.84 Å². The lowest BCUT2D eigenvalue weighted by molar-refractivity contribution is 0.161. The minimum Gasteiger partial charge on any atom is -0.268 e. The van der Waals surface area contributed by atoms with Crippen molar-refractivity contribution in [1.82, 2.24) is 9.31 Å². The van der Waals surface area contributed by atoms with Crippen LogP contribution in [-0.2, 0) is 0 Å². The van der Waals surface area contributed by atoms with Crippen LogP contribution in [0, 0.1) is 5.92 Å². The molecule has 2 heterocycles. The maximum atomic E-state index is 5.82. The molecule has 0 amide bonds. The summed E-state index contributed by atoms with van der Waals surface area (Å²) in [6.45, 7) is 3.22. The van der Waals surface area contributed by atoms with Crippen LogP contribution in [0.25, 0.3) is 0 Å². The van der Waals surface area contributed by atoms with E-state index in [-0.39, 0.29) is 0 Å². The highest BCUT2D eigenvalue weighted by atomic mass is 32.1. The highest BCUT2D eigenvalue weighted by molar-refractivity contribution is 7.77. The van der Waals surface area contributed by atoms with Gasteiger partial charge >= 0.3 is 0 Å². The fraction of sp³-hybridized carbons (Fsp3) is 1.00. The van der Waals surface area contributed by atoms with Crippen molar-refractivity contribution in [2.24, 2.45) is 11.8 Å². The van der Waals surface area contributed by atoms with Crippen molar-refractivity contribution >= 4 is 12.8 Å². The van der Waals surface area contributed by atoms with E-state index in [9.17, 15) is 0 Å². The summed E-state index contributed by atoms with van der Waals surface area (Å²) in [6.07, 6.45) is 2.55. The Kier molecular flexibility index (Phi) is 2.10. The van der Waals surface area contributed by atoms with Gasteiger partial charge in [-0.2, -0.15) is 0 Å². The maximum absolute atomic E-state index is 5.82. The van der Waals surface area contributed by atoms with Crippen LogP contribution in [0.2, 0.25) is 0 Å². The Hall–Kier alpha value is 0.230. The van der Waals surface area contributed by atoms with E-state index >= 15 is 0 Å². The summed E-state index contributed by atoms with van der Waals surface area (Å²) in [5.41, 5.74) is 0. The monoisotopic (exact) mass is 173 g/mol. The average Bonchev–Trinajstić information content (AvgIpc) is 2.33. The number of nitrogens with two attached hydrogens (primary N) is 1. The molecule has 2 aliphatic heterocycles. The number of piperidine rings is 1. The summed E-state index contributed by atoms with van der Waals surface area (Å²) in [7, 11) is 0. The van der Waals surface area contributed by atoms with Gasteiger partial charge in [-0.05, 0) is 18.8 Å². The Bertz CT molecular complexity index is 153. The van der Waals surface area contributed by atoms with Gasteiger partial charge in [-0.25, -0.2) is 5.01 Å². The van der Waals surface area contributed by atoms with Gasteiger partial charge in [0, 0.05) is 25.7 Å². The largest absolute Gasteiger partial charge is 0.268 e. The second-order valence-electron chi connectivity index (χ2n) is 3.56. The van der Waals surface area contributed by atoms with Gasteiger partial charge in [0.05, 0.1) is 0 Å². The molecular formula is C7H15N3S. The van der Waals surface area contributed by atoms with Crippen molar-refractivity contribution in [3.8, 4) is 0 Å². The molecule has 0 unspecified atom stereocenters. The summed E-state index contributed by atoms with van der Waals surface area (Å²) in [5.74, 6) is 6.66. The fourth-order valence-corrected chi connectivity index (χ4v) is 2.44. The van der Waals surface area contributed by atoms with E-state index in [0.717, 1.165) is 25.6 Å². The summed E-state index contributed by atoms with van der Waals surface area (Å²) in [5, 5.41) is 1.98. The van der Waals surface area contributed by atoms with Gasteiger partial charge in [-0.15, -0.1) is 0 Å². The minimum atomic E-state index is 0.571. The molecule has 0 aromatic heterocycles. The standard InChI is InChI=1S/C7H15N3S/c8-10-4-2-6-1-3-9(11)5-7(6)10/h6-7,11H,1-5,8H2/t6-,7-/m0/s1. The molecule has 2 fully saturated rings. The predicted molar refractivity (Wildman–Crippen MR) is 48.0 cm³/mol. The Morgan fingerprint density at radius 3 is 2.82 bits per heavy atom. The first kappa shape index (κ1) is 7.86. The maximum Gasteiger partial charge on any atom is 0.0406 e. The third-order valence-electron chi connectivity index (χ3n) is 2.88. The van der Waals surface area contributed by atoms with Crippen LogP contribution in [0.4, 0.5) is 0 Å². The van der Waals surface area contributed by atoms with E-state index in [1.165, 1.54) is 12.8 Å². The molecule has 64 valence electrons. The van der Waals surface area contributed by atoms with Crippen molar-refractivity contribution in [3.05, 3.63) is 0 Å². The molecule has 0 saturated carbocycles. The highest BCUT2D eigenvalue weighted by Crippen LogP contribution is 2.29. The first-order chi connectivity index (χ1) is 5.27. The summed E-state index contributed by atoms with van der Waals surface area (Å²) in [6, 6.07) is 0.571. The van der Waals surface area contributed by atoms with Gasteiger partial charge in [-0.1, -0.05) is 12.8 Å². The first-order valence-corrected chi connectivity index (χ1v) is 4.62. The van der Waals surface area contributed by atoms with Crippen LogP contribution in [0.3, 0.4) is 0 Å². The third kappa shape index (κ3) is 1.40. The second kappa shape index (κ2) is 2.94. The van der Waals surface area contributed by atoms with E-state index < -0.39 is 0 Å². The molecule has 2 atom stereocenters. The SMILES string of the molecule is NN1CC[C@@H]2CCN(S)C[C@@H]21. The van der Waals surface area contributed by atoms with Crippen LogP contribution in [0.15, 0.2) is 0 Å². The lowest BCUT2D eigenvalue weighted by atomic mass is 9.94. The van der Waals surface area contributed by atoms with Crippen LogP contribution in [0.1, 0.15) is 12.8 Å². The molecule has 0 aliphatic carbocycles. The number of rotatable bonds is 0. The van der Waals surface area contributed by atoms with E-state index in [1.54, 1.807) is 0 Å². The molecule has 3 nitrogen and oxygen atoms in total. The summed E-state index contributed by atoms with van der Waals surface area (Å²) in [4.78, 5) is 0. The lowest BCUT2D eigenvalue weighted by Gasteiger charge is -2.33. The zero-order valence-corrected chi connectivity index (χ0v) is 7.50. The highest BCUT2D eigenvalue weighted by Gasteiger charge is 2.36. The number of nitrogens with zero attached hydrogens (tertiary/aromatic N) is 2. The molecule has 2 aliphatic rings. The summed E-state index contributed by atoms with van der Waals surface area (Å²) >= 11 is 4.33. The predicted octanol–water partition coefficient (Wildman–Crippen LogP) is 0.101. The molecule has 2 N–H and O–H groups in total. The van der Waals surface area contributed by atoms with Gasteiger partial charge in [0.25, 0.3) is 0 Å². The van der Waals surface area contributed by atoms with Gasteiger partial charge in [0.15, 0.2) is 0 Å². The molecule has 0 spiro atoms. The Morgan fingerprint density at radius 2 is 2.00 bits per heavy atom. The molecule has 11 heavy (non-hydrogen) atoms. The molecule has 0 aromatic rings. The van der Waals surface area contributed by atoms with Crippen molar-refractivity contribution in [2.75, 3.05) is 19.6 Å². The van der Waals surface area contributed by atoms with Gasteiger partial charge in [-0.3, -0.25) is 10.1 Å². The Morgan fingerprint density at radius 1 is 1.27 bits per heavy atom. The average molecular weight is 173 g/mol. The molecule has 0 aromatic carbocycles. The molecular weight excluding hydrogens is 158 g/mol. The minimum absolute atomic E-state index is 0.571. The topological polar surface area (TPSA) is 32.5 Å². The number of fused-ring (bicyclic) bond motifs is 1. The third-order valence-corrected chi connectivity index (χ3v) is 3.25. The second-order valence-corrected chi connectivity index (χ2v) is 4.12. The quantitative estimate of drug-likeness (QED) is 0.402. The smallest absolute Gasteiger partial charge is 0.0406 e. The molecule has 2 saturated heterocycles. The Labute approximate surface area is 73.0 Å². The summed E-state index contributed by atoms with van der Waals surface area (Å²) < 4.78 is 2.08. The molecule has 2 rings (SSSR count). The van der Waals surface area contributed by atoms with E-state index in [1.807, 2.05) is 5.01 Å². The normalized spacial score (nSPS) is 40.9. The van der Waals surface area contributed by atoms with Crippen LogP contribution >= 0.6 is 12.8 Å². The van der Waals surface area contributed by atoms with Crippen LogP contribution < -0.4 is 5.84 Å². The van der Waals surface area contributed by atoms with Crippen molar-refractivity contribution in [3.63, 3.8) is 0 Å².